The van der Waals surface area contributed by atoms with Crippen LogP contribution in [0.2, 0.25) is 0 Å². The highest BCUT2D eigenvalue weighted by Gasteiger charge is 2.58. The van der Waals surface area contributed by atoms with Gasteiger partial charge in [0.2, 0.25) is 0 Å². The molecule has 0 saturated carbocycles. The number of benzene rings is 1. The average Bonchev–Trinajstić information content (AvgIpc) is 2.81. The Morgan fingerprint density at radius 2 is 1.71 bits per heavy atom. The molecule has 0 aromatic heterocycles. The lowest BCUT2D eigenvalue weighted by molar-refractivity contribution is -0.161. The van der Waals surface area contributed by atoms with E-state index in [0.717, 1.165) is 49.6 Å². The van der Waals surface area contributed by atoms with Gasteiger partial charge in [-0.25, -0.2) is 12.8 Å². The Bertz CT molecular complexity index is 879. The van der Waals surface area contributed by atoms with E-state index in [0.29, 0.717) is 32.3 Å². The first-order valence-electron chi connectivity index (χ1n) is 11.3. The van der Waals surface area contributed by atoms with E-state index in [2.05, 4.69) is 20.7 Å². The summed E-state index contributed by atoms with van der Waals surface area (Å²) in [5.41, 5.74) is -0.808. The summed E-state index contributed by atoms with van der Waals surface area (Å²) in [6, 6.07) is 4.75. The van der Waals surface area contributed by atoms with Gasteiger partial charge in [0.1, 0.15) is 11.3 Å². The number of alkyl halides is 3. The van der Waals surface area contributed by atoms with Gasteiger partial charge in [-0.05, 0) is 62.6 Å². The van der Waals surface area contributed by atoms with E-state index in [4.69, 9.17) is 8.37 Å². The van der Waals surface area contributed by atoms with Crippen LogP contribution < -0.4 is 0 Å². The van der Waals surface area contributed by atoms with Gasteiger partial charge in [-0.1, -0.05) is 51.9 Å². The molecule has 0 bridgehead atoms. The maximum Gasteiger partial charge on any atom is 0.466 e. The van der Waals surface area contributed by atoms with E-state index in [9.17, 15) is 26.4 Å². The molecule has 6 nitrogen and oxygen atoms in total. The Hall–Kier alpha value is -0.820. The van der Waals surface area contributed by atoms with Crippen molar-refractivity contribution in [2.45, 2.75) is 73.4 Å². The molecular formula is C22H32BrF3O6S2. The lowest BCUT2D eigenvalue weighted by Gasteiger charge is -2.43. The van der Waals surface area contributed by atoms with Crippen LogP contribution >= 0.6 is 26.2 Å². The second kappa shape index (κ2) is 13.5. The zero-order chi connectivity index (χ0) is 25.2. The largest absolute Gasteiger partial charge is 0.466 e. The van der Waals surface area contributed by atoms with Crippen LogP contribution in [0.15, 0.2) is 29.2 Å². The fourth-order valence-electron chi connectivity index (χ4n) is 3.49. The second-order valence-corrected chi connectivity index (χ2v) is 13.7. The SMILES string of the molecule is CS(OS(=O)(=O)C(F)(F)C(=O)OCCCCCCCCBr)(c1ccc(F)cc1)C1CCCCO1. The van der Waals surface area contributed by atoms with Crippen molar-refractivity contribution in [1.29, 1.82) is 0 Å². The minimum atomic E-state index is -5.73. The number of halogens is 4. The van der Waals surface area contributed by atoms with Gasteiger partial charge < -0.3 is 9.47 Å². The molecule has 0 radical (unpaired) electrons. The van der Waals surface area contributed by atoms with Gasteiger partial charge >= 0.3 is 21.3 Å². The number of ether oxygens (including phenoxy) is 2. The first kappa shape index (κ1) is 29.4. The number of unbranched alkanes of at least 4 members (excludes halogenated alkanes) is 5. The van der Waals surface area contributed by atoms with Crippen LogP contribution in [-0.2, 0) is 28.0 Å². The van der Waals surface area contributed by atoms with Crippen LogP contribution in [0, 0.1) is 5.82 Å². The predicted molar refractivity (Wildman–Crippen MR) is 129 cm³/mol. The molecule has 1 fully saturated rings. The first-order valence-corrected chi connectivity index (χ1v) is 15.8. The molecule has 34 heavy (non-hydrogen) atoms. The summed E-state index contributed by atoms with van der Waals surface area (Å²) in [7, 11) is -8.75. The molecule has 1 saturated heterocycles. The highest BCUT2D eigenvalue weighted by Crippen LogP contribution is 2.62. The number of carbonyl (C=O) groups excluding carboxylic acids is 1. The van der Waals surface area contributed by atoms with Crippen LogP contribution in [-0.4, -0.2) is 49.9 Å². The molecule has 0 spiro atoms. The summed E-state index contributed by atoms with van der Waals surface area (Å²) < 4.78 is 83.5. The van der Waals surface area contributed by atoms with E-state index in [1.165, 1.54) is 18.4 Å². The third-order valence-electron chi connectivity index (χ3n) is 5.46. The quantitative estimate of drug-likeness (QED) is 0.144. The van der Waals surface area contributed by atoms with Crippen LogP contribution in [0.3, 0.4) is 0 Å². The number of carbonyl (C=O) groups is 1. The highest BCUT2D eigenvalue weighted by atomic mass is 79.9. The van der Waals surface area contributed by atoms with Crippen molar-refractivity contribution in [3.63, 3.8) is 0 Å². The van der Waals surface area contributed by atoms with Crippen LogP contribution in [0.25, 0.3) is 0 Å². The Balaban J connectivity index is 2.08. The molecule has 2 atom stereocenters. The van der Waals surface area contributed by atoms with Gasteiger partial charge in [0.25, 0.3) is 0 Å². The smallest absolute Gasteiger partial charge is 0.460 e. The van der Waals surface area contributed by atoms with Crippen molar-refractivity contribution in [3.8, 4) is 0 Å². The fourth-order valence-corrected chi connectivity index (χ4v) is 8.60. The molecule has 196 valence electrons. The molecule has 1 aliphatic heterocycles. The van der Waals surface area contributed by atoms with Gasteiger partial charge in [-0.3, -0.25) is 0 Å². The molecule has 1 aromatic rings. The maximum absolute atomic E-state index is 14.7. The monoisotopic (exact) mass is 592 g/mol. The van der Waals surface area contributed by atoms with Gasteiger partial charge in [0, 0.05) is 16.8 Å². The zero-order valence-corrected chi connectivity index (χ0v) is 22.4. The summed E-state index contributed by atoms with van der Waals surface area (Å²) in [5, 5.41) is -3.98. The van der Waals surface area contributed by atoms with E-state index < -0.39 is 42.9 Å². The molecule has 1 heterocycles. The molecule has 12 heteroatoms. The second-order valence-electron chi connectivity index (χ2n) is 8.14. The van der Waals surface area contributed by atoms with E-state index in [1.54, 1.807) is 0 Å². The molecular weight excluding hydrogens is 561 g/mol. The van der Waals surface area contributed by atoms with Crippen LogP contribution in [0.4, 0.5) is 13.2 Å². The summed E-state index contributed by atoms with van der Waals surface area (Å²) in [6.07, 6.45) is 8.13. The van der Waals surface area contributed by atoms with Gasteiger partial charge in [-0.15, -0.1) is 0 Å². The number of hydrogen-bond donors (Lipinski definition) is 0. The number of hydrogen-bond acceptors (Lipinski definition) is 6. The predicted octanol–water partition coefficient (Wildman–Crippen LogP) is 6.28. The number of esters is 1. The third-order valence-corrected chi connectivity index (χ3v) is 11.3. The normalized spacial score (nSPS) is 19.9. The maximum atomic E-state index is 14.7. The van der Waals surface area contributed by atoms with Gasteiger partial charge in [-0.2, -0.15) is 17.2 Å². The van der Waals surface area contributed by atoms with Crippen molar-refractivity contribution >= 4 is 42.3 Å². The van der Waals surface area contributed by atoms with E-state index in [-0.39, 0.29) is 11.5 Å². The summed E-state index contributed by atoms with van der Waals surface area (Å²) in [6.45, 7) is 0.00259. The lowest BCUT2D eigenvalue weighted by Crippen LogP contribution is -2.42. The average molecular weight is 594 g/mol. The standard InChI is InChI=1S/C22H32BrF3O6S2/c1-33(20-10-6-9-16-30-20,19-13-11-18(24)12-14-19)32-34(28,29)22(25,26)21(27)31-17-8-5-3-2-4-7-15-23/h11-14,20H,2-10,15-17H2,1H3. The molecule has 0 amide bonds. The minimum Gasteiger partial charge on any atom is -0.460 e. The molecule has 0 aliphatic carbocycles. The van der Waals surface area contributed by atoms with Crippen molar-refractivity contribution in [3.05, 3.63) is 30.1 Å². The highest BCUT2D eigenvalue weighted by molar-refractivity contribution is 9.09. The Kier molecular flexibility index (Phi) is 11.7. The molecule has 1 aliphatic rings. The van der Waals surface area contributed by atoms with Crippen molar-refractivity contribution in [1.82, 2.24) is 0 Å². The van der Waals surface area contributed by atoms with Crippen LogP contribution in [0.5, 0.6) is 0 Å². The Labute approximate surface area is 209 Å². The summed E-state index contributed by atoms with van der Waals surface area (Å²) in [4.78, 5) is 12.2. The molecule has 1 aromatic carbocycles. The molecule has 2 rings (SSSR count). The fraction of sp³-hybridized carbons (Fsp3) is 0.682. The third kappa shape index (κ3) is 7.84. The minimum absolute atomic E-state index is 0.216. The van der Waals surface area contributed by atoms with Crippen LogP contribution in [0.1, 0.15) is 57.8 Å². The topological polar surface area (TPSA) is 78.9 Å². The van der Waals surface area contributed by atoms with Crippen molar-refractivity contribution in [2.24, 2.45) is 0 Å². The van der Waals surface area contributed by atoms with Crippen molar-refractivity contribution < 1.29 is 39.5 Å². The molecule has 2 unspecified atom stereocenters. The Morgan fingerprint density at radius 1 is 1.09 bits per heavy atom. The summed E-state index contributed by atoms with van der Waals surface area (Å²) >= 11 is 3.34. The number of rotatable bonds is 14. The lowest BCUT2D eigenvalue weighted by atomic mass is 10.1. The van der Waals surface area contributed by atoms with E-state index >= 15 is 0 Å². The Morgan fingerprint density at radius 3 is 2.29 bits per heavy atom. The zero-order valence-electron chi connectivity index (χ0n) is 19.1. The van der Waals surface area contributed by atoms with E-state index in [1.807, 2.05) is 0 Å². The summed E-state index contributed by atoms with van der Waals surface area (Å²) in [5.74, 6) is -2.74. The molecule has 0 N–H and O–H groups in total. The van der Waals surface area contributed by atoms with Crippen molar-refractivity contribution in [2.75, 3.05) is 24.8 Å². The van der Waals surface area contributed by atoms with Gasteiger partial charge in [0.15, 0.2) is 0 Å². The van der Waals surface area contributed by atoms with Gasteiger partial charge in [0.05, 0.1) is 6.61 Å². The first-order chi connectivity index (χ1) is 16.0.